The monoisotopic (exact) mass is 436 g/mol. The number of carbonyl (C=O) groups is 1. The van der Waals surface area contributed by atoms with Crippen molar-refractivity contribution in [2.75, 3.05) is 0 Å². The van der Waals surface area contributed by atoms with Crippen LogP contribution in [0.4, 0.5) is 8.78 Å². The molecular formula is C24H22F2N4O2. The third-order valence-electron chi connectivity index (χ3n) is 7.01. The topological polar surface area (TPSA) is 77.9 Å². The minimum Gasteiger partial charge on any atom is -0.463 e. The van der Waals surface area contributed by atoms with Crippen LogP contribution in [0.3, 0.4) is 0 Å². The predicted octanol–water partition coefficient (Wildman–Crippen LogP) is 5.00. The molecule has 1 saturated carbocycles. The molecule has 3 aromatic rings. The largest absolute Gasteiger partial charge is 0.463 e. The third kappa shape index (κ3) is 2.78. The van der Waals surface area contributed by atoms with Crippen LogP contribution in [0.5, 0.6) is 5.88 Å². The van der Waals surface area contributed by atoms with Gasteiger partial charge in [0, 0.05) is 11.8 Å². The van der Waals surface area contributed by atoms with Gasteiger partial charge in [0.15, 0.2) is 11.4 Å². The van der Waals surface area contributed by atoms with E-state index in [-0.39, 0.29) is 28.4 Å². The number of carbonyl (C=O) groups excluding carboxylic acids is 1. The first-order chi connectivity index (χ1) is 15.3. The van der Waals surface area contributed by atoms with Gasteiger partial charge < -0.3 is 4.74 Å². The number of nitrogens with zero attached hydrogens (tertiary/aromatic N) is 4. The summed E-state index contributed by atoms with van der Waals surface area (Å²) in [5.41, 5.74) is 0.687. The normalized spacial score (nSPS) is 22.6. The first-order valence-electron chi connectivity index (χ1n) is 10.6. The smallest absolute Gasteiger partial charge is 0.233 e. The van der Waals surface area contributed by atoms with E-state index in [1.165, 1.54) is 30.6 Å². The van der Waals surface area contributed by atoms with E-state index in [1.54, 1.807) is 13.0 Å². The minimum atomic E-state index is -0.794. The maximum Gasteiger partial charge on any atom is 0.233 e. The van der Waals surface area contributed by atoms with Crippen molar-refractivity contribution in [1.82, 2.24) is 20.2 Å². The summed E-state index contributed by atoms with van der Waals surface area (Å²) in [6.07, 6.45) is 4.77. The molecule has 32 heavy (non-hydrogen) atoms. The zero-order valence-corrected chi connectivity index (χ0v) is 18.0. The van der Waals surface area contributed by atoms with Crippen LogP contribution < -0.4 is 4.74 Å². The van der Waals surface area contributed by atoms with Crippen molar-refractivity contribution < 1.29 is 18.3 Å². The molecule has 5 rings (SSSR count). The van der Waals surface area contributed by atoms with E-state index < -0.39 is 17.2 Å². The molecule has 8 heteroatoms. The molecule has 2 atom stereocenters. The van der Waals surface area contributed by atoms with Crippen LogP contribution in [-0.2, 0) is 5.60 Å². The zero-order chi connectivity index (χ0) is 22.7. The number of hydrogen-bond acceptors (Lipinski definition) is 6. The Morgan fingerprint density at radius 1 is 1.16 bits per heavy atom. The second-order valence-electron chi connectivity index (χ2n) is 8.89. The Labute approximate surface area is 184 Å². The van der Waals surface area contributed by atoms with Crippen molar-refractivity contribution >= 4 is 5.78 Å². The average molecular weight is 436 g/mol. The molecule has 2 aromatic heterocycles. The SMILES string of the molecule is CCC(=O)c1cnc(O[C@@]23CC[C@@H](c4cc(-c5c(F)cccc5F)nnc42)C3(C)C)cn1. The number of aromatic nitrogens is 4. The number of ketones is 1. The molecule has 2 aliphatic carbocycles. The van der Waals surface area contributed by atoms with Crippen LogP contribution in [0.1, 0.15) is 67.7 Å². The summed E-state index contributed by atoms with van der Waals surface area (Å²) < 4.78 is 35.1. The fourth-order valence-corrected chi connectivity index (χ4v) is 5.23. The Hall–Kier alpha value is -3.29. The fraction of sp³-hybridized carbons (Fsp3) is 0.375. The summed E-state index contributed by atoms with van der Waals surface area (Å²) >= 11 is 0. The Kier molecular flexibility index (Phi) is 4.58. The van der Waals surface area contributed by atoms with E-state index >= 15 is 0 Å². The molecule has 164 valence electrons. The van der Waals surface area contributed by atoms with Crippen molar-refractivity contribution in [2.45, 2.75) is 51.6 Å². The summed E-state index contributed by atoms with van der Waals surface area (Å²) in [6, 6.07) is 5.47. The van der Waals surface area contributed by atoms with Crippen LogP contribution in [0, 0.1) is 17.0 Å². The lowest BCUT2D eigenvalue weighted by molar-refractivity contribution is -0.0231. The minimum absolute atomic E-state index is 0.0894. The molecule has 0 spiro atoms. The zero-order valence-electron chi connectivity index (χ0n) is 18.0. The van der Waals surface area contributed by atoms with E-state index in [9.17, 15) is 13.6 Å². The molecule has 1 aromatic carbocycles. The lowest BCUT2D eigenvalue weighted by atomic mass is 9.77. The Morgan fingerprint density at radius 2 is 1.91 bits per heavy atom. The number of ether oxygens (including phenoxy) is 1. The first-order valence-corrected chi connectivity index (χ1v) is 10.6. The average Bonchev–Trinajstić information content (AvgIpc) is 3.13. The highest BCUT2D eigenvalue weighted by molar-refractivity contribution is 5.93. The van der Waals surface area contributed by atoms with Gasteiger partial charge in [-0.05, 0) is 42.5 Å². The number of halogens is 2. The van der Waals surface area contributed by atoms with E-state index in [2.05, 4.69) is 34.0 Å². The van der Waals surface area contributed by atoms with Gasteiger partial charge >= 0.3 is 0 Å². The van der Waals surface area contributed by atoms with E-state index in [1.807, 2.05) is 0 Å². The van der Waals surface area contributed by atoms with E-state index in [4.69, 9.17) is 4.74 Å². The van der Waals surface area contributed by atoms with Gasteiger partial charge in [-0.2, -0.15) is 5.10 Å². The molecule has 2 heterocycles. The van der Waals surface area contributed by atoms with Gasteiger partial charge in [-0.25, -0.2) is 18.7 Å². The summed E-state index contributed by atoms with van der Waals surface area (Å²) in [5.74, 6) is -1.05. The number of Topliss-reactive ketones (excluding diaryl/α,β-unsaturated/α-hetero) is 1. The molecule has 2 aliphatic rings. The lowest BCUT2D eigenvalue weighted by Crippen LogP contribution is -2.41. The van der Waals surface area contributed by atoms with Crippen molar-refractivity contribution in [3.8, 4) is 17.1 Å². The quantitative estimate of drug-likeness (QED) is 0.524. The highest BCUT2D eigenvalue weighted by Crippen LogP contribution is 2.67. The maximum atomic E-state index is 14.3. The number of hydrogen-bond donors (Lipinski definition) is 0. The van der Waals surface area contributed by atoms with Gasteiger partial charge in [0.1, 0.15) is 23.0 Å². The van der Waals surface area contributed by atoms with Crippen LogP contribution in [0.2, 0.25) is 0 Å². The summed E-state index contributed by atoms with van der Waals surface area (Å²) in [4.78, 5) is 20.3. The molecule has 0 amide bonds. The van der Waals surface area contributed by atoms with Crippen molar-refractivity contribution in [3.63, 3.8) is 0 Å². The Balaban J connectivity index is 1.56. The molecule has 0 saturated heterocycles. The molecule has 0 N–H and O–H groups in total. The molecule has 0 radical (unpaired) electrons. The molecule has 2 bridgehead atoms. The molecule has 6 nitrogen and oxygen atoms in total. The van der Waals surface area contributed by atoms with E-state index in [0.717, 1.165) is 12.0 Å². The van der Waals surface area contributed by atoms with Gasteiger partial charge in [0.2, 0.25) is 5.88 Å². The Bertz CT molecular complexity index is 1210. The van der Waals surface area contributed by atoms with E-state index in [0.29, 0.717) is 30.1 Å². The van der Waals surface area contributed by atoms with Gasteiger partial charge in [-0.1, -0.05) is 26.8 Å². The van der Waals surface area contributed by atoms with Gasteiger partial charge in [0.25, 0.3) is 0 Å². The fourth-order valence-electron chi connectivity index (χ4n) is 5.23. The van der Waals surface area contributed by atoms with Crippen LogP contribution in [-0.4, -0.2) is 25.9 Å². The van der Waals surface area contributed by atoms with Crippen LogP contribution in [0.15, 0.2) is 36.7 Å². The highest BCUT2D eigenvalue weighted by Gasteiger charge is 2.66. The van der Waals surface area contributed by atoms with Crippen LogP contribution in [0.25, 0.3) is 11.3 Å². The summed E-state index contributed by atoms with van der Waals surface area (Å²) in [7, 11) is 0. The second-order valence-corrected chi connectivity index (χ2v) is 8.89. The van der Waals surface area contributed by atoms with Gasteiger partial charge in [-0.3, -0.25) is 4.79 Å². The van der Waals surface area contributed by atoms with Crippen molar-refractivity contribution in [2.24, 2.45) is 5.41 Å². The lowest BCUT2D eigenvalue weighted by Gasteiger charge is -2.37. The standard InChI is InChI=1S/C24H22F2N4O2/c1-4-19(31)18-11-28-20(12-27-18)32-24-9-8-14(23(24,2)3)13-10-17(29-30-22(13)24)21-15(25)6-5-7-16(21)26/h5-7,10-12,14H,4,8-9H2,1-3H3/t14-,24-/m0/s1. The molecule has 0 aliphatic heterocycles. The molecule has 0 unspecified atom stereocenters. The van der Waals surface area contributed by atoms with Crippen molar-refractivity contribution in [1.29, 1.82) is 0 Å². The van der Waals surface area contributed by atoms with Crippen LogP contribution >= 0.6 is 0 Å². The van der Waals surface area contributed by atoms with Gasteiger partial charge in [-0.15, -0.1) is 5.10 Å². The molecule has 1 fully saturated rings. The Morgan fingerprint density at radius 3 is 2.56 bits per heavy atom. The predicted molar refractivity (Wildman–Crippen MR) is 112 cm³/mol. The number of rotatable bonds is 5. The summed E-state index contributed by atoms with van der Waals surface area (Å²) in [5, 5.41) is 8.58. The van der Waals surface area contributed by atoms with Crippen molar-refractivity contribution in [3.05, 3.63) is 65.2 Å². The number of benzene rings is 1. The second kappa shape index (κ2) is 7.12. The number of fused-ring (bicyclic) bond motifs is 5. The summed E-state index contributed by atoms with van der Waals surface area (Å²) in [6.45, 7) is 5.96. The highest BCUT2D eigenvalue weighted by atomic mass is 19.1. The maximum absolute atomic E-state index is 14.3. The third-order valence-corrected chi connectivity index (χ3v) is 7.01. The molecular weight excluding hydrogens is 414 g/mol. The van der Waals surface area contributed by atoms with Gasteiger partial charge in [0.05, 0.1) is 23.7 Å². The first kappa shape index (κ1) is 20.6.